The Morgan fingerprint density at radius 2 is 0.746 bits per heavy atom. The van der Waals surface area contributed by atoms with Crippen molar-refractivity contribution in [3.05, 3.63) is 31.5 Å². The molecule has 15 heteroatoms. The van der Waals surface area contributed by atoms with Gasteiger partial charge in [0.1, 0.15) is 13.2 Å². The Kier molecular flexibility index (Phi) is 30.4. The smallest absolute Gasteiger partial charge is 0.336 e. The van der Waals surface area contributed by atoms with E-state index in [9.17, 15) is 33.6 Å². The molecular formula is C48H83N3O12. The van der Waals surface area contributed by atoms with Gasteiger partial charge in [-0.2, -0.15) is 0 Å². The Bertz CT molecular complexity index is 1510. The largest absolute Gasteiger partial charge is 0.462 e. The van der Waals surface area contributed by atoms with Gasteiger partial charge in [-0.25, -0.2) is 28.1 Å². The third kappa shape index (κ3) is 25.4. The molecule has 0 spiro atoms. The monoisotopic (exact) mass is 894 g/mol. The maximum Gasteiger partial charge on any atom is 0.336 e. The van der Waals surface area contributed by atoms with Gasteiger partial charge in [-0.3, -0.25) is 19.2 Å². The molecule has 0 amide bonds. The normalized spacial score (nSPS) is 14.3. The Labute approximate surface area is 376 Å². The third-order valence-electron chi connectivity index (χ3n) is 11.3. The van der Waals surface area contributed by atoms with E-state index in [0.29, 0.717) is 32.3 Å². The molecule has 0 aliphatic carbocycles. The van der Waals surface area contributed by atoms with Crippen LogP contribution in [0.3, 0.4) is 0 Å². The van der Waals surface area contributed by atoms with Crippen LogP contribution in [0.1, 0.15) is 207 Å². The van der Waals surface area contributed by atoms with Gasteiger partial charge in [0.05, 0.1) is 32.3 Å². The number of unbranched alkanes of at least 4 members (excludes halogenated alkanes) is 20. The summed E-state index contributed by atoms with van der Waals surface area (Å²) in [5.41, 5.74) is -2.94. The van der Waals surface area contributed by atoms with Crippen molar-refractivity contribution < 1.29 is 42.9 Å². The number of epoxide rings is 1. The average molecular weight is 894 g/mol. The fourth-order valence-electron chi connectivity index (χ4n) is 7.39. The number of ether oxygens (including phenoxy) is 5. The molecular weight excluding hydrogens is 811 g/mol. The van der Waals surface area contributed by atoms with E-state index in [1.165, 1.54) is 0 Å². The van der Waals surface area contributed by atoms with E-state index in [2.05, 4.69) is 27.7 Å². The molecule has 63 heavy (non-hydrogen) atoms. The lowest BCUT2D eigenvalue weighted by molar-refractivity contribution is -0.160. The Balaban J connectivity index is 2.37. The first-order valence-electron chi connectivity index (χ1n) is 24.8. The minimum atomic E-state index is -1.22. The topological polar surface area (TPSA) is 184 Å². The van der Waals surface area contributed by atoms with Gasteiger partial charge in [0.25, 0.3) is 0 Å². The maximum absolute atomic E-state index is 14.3. The molecule has 3 atom stereocenters. The average Bonchev–Trinajstić information content (AvgIpc) is 4.10. The van der Waals surface area contributed by atoms with Crippen LogP contribution >= 0.6 is 0 Å². The van der Waals surface area contributed by atoms with Crippen molar-refractivity contribution in [3.63, 3.8) is 0 Å². The van der Waals surface area contributed by atoms with Crippen LogP contribution in [0.25, 0.3) is 0 Å². The molecule has 15 nitrogen and oxygen atoms in total. The number of hydrogen-bond acceptors (Lipinski definition) is 12. The fraction of sp³-hybridized carbons (Fsp3) is 0.854. The number of carbonyl (C=O) groups is 4. The number of rotatable bonds is 40. The van der Waals surface area contributed by atoms with Crippen molar-refractivity contribution in [3.8, 4) is 0 Å². The molecule has 1 aliphatic rings. The zero-order valence-corrected chi connectivity index (χ0v) is 39.5. The minimum absolute atomic E-state index is 0.106. The summed E-state index contributed by atoms with van der Waals surface area (Å²) in [6.07, 6.45) is 20.8. The molecule has 362 valence electrons. The van der Waals surface area contributed by atoms with Crippen LogP contribution in [0.2, 0.25) is 0 Å². The minimum Gasteiger partial charge on any atom is -0.462 e. The van der Waals surface area contributed by atoms with Crippen LogP contribution < -0.4 is 17.1 Å². The van der Waals surface area contributed by atoms with Crippen molar-refractivity contribution in [2.75, 3.05) is 19.8 Å². The Morgan fingerprint density at radius 1 is 0.460 bits per heavy atom. The van der Waals surface area contributed by atoms with Crippen molar-refractivity contribution >= 4 is 23.9 Å². The summed E-state index contributed by atoms with van der Waals surface area (Å²) in [7, 11) is 0. The second-order valence-corrected chi connectivity index (χ2v) is 17.3. The highest BCUT2D eigenvalue weighted by atomic mass is 16.6. The van der Waals surface area contributed by atoms with Gasteiger partial charge in [0.2, 0.25) is 0 Å². The zero-order valence-electron chi connectivity index (χ0n) is 39.5. The second kappa shape index (κ2) is 34.6. The van der Waals surface area contributed by atoms with Crippen molar-refractivity contribution in [1.29, 1.82) is 0 Å². The van der Waals surface area contributed by atoms with Crippen molar-refractivity contribution in [1.82, 2.24) is 13.7 Å². The number of nitrogens with zero attached hydrogens (tertiary/aromatic N) is 3. The summed E-state index contributed by atoms with van der Waals surface area (Å²) in [6, 6.07) is 0. The van der Waals surface area contributed by atoms with Crippen LogP contribution in [0.5, 0.6) is 0 Å². The van der Waals surface area contributed by atoms with E-state index in [4.69, 9.17) is 23.7 Å². The number of hydrogen-bond donors (Lipinski definition) is 0. The molecule has 2 heterocycles. The van der Waals surface area contributed by atoms with E-state index >= 15 is 0 Å². The molecule has 0 N–H and O–H groups in total. The predicted molar refractivity (Wildman–Crippen MR) is 243 cm³/mol. The van der Waals surface area contributed by atoms with Gasteiger partial charge < -0.3 is 23.7 Å². The first kappa shape index (κ1) is 55.4. The standard InChI is InChI=1S/C48H83N3O12/c1-5-9-13-17-21-25-29-42(52)60-37-40(62-44(54)31-27-23-19-15-11-7-3)34-50-46(56)49(33-39-36-59-39)47(57)51(48(50)58)35-41(63-45(55)32-28-24-20-16-12-8-4)38-61-43(53)30-26-22-18-14-10-6-2/h39-41H,5-38H2,1-4H3. The molecule has 1 fully saturated rings. The SMILES string of the molecule is CCCCCCCCC(=O)OCC(Cn1c(=O)n(CC2CO2)c(=O)n(CC(COC(=O)CCCCCCCC)OC(=O)CCCCCCCC)c1=O)OC(=O)CCCCCCCC. The summed E-state index contributed by atoms with van der Waals surface area (Å²) in [6.45, 7) is 6.87. The molecule has 0 bridgehead atoms. The molecule has 2 rings (SSSR count). The van der Waals surface area contributed by atoms with Gasteiger partial charge in [0.15, 0.2) is 12.2 Å². The molecule has 1 aliphatic heterocycles. The van der Waals surface area contributed by atoms with E-state index in [1.54, 1.807) is 0 Å². The summed E-state index contributed by atoms with van der Waals surface area (Å²) >= 11 is 0. The van der Waals surface area contributed by atoms with Crippen LogP contribution in [0, 0.1) is 0 Å². The van der Waals surface area contributed by atoms with Crippen LogP contribution in [0.15, 0.2) is 14.4 Å². The van der Waals surface area contributed by atoms with Gasteiger partial charge >= 0.3 is 40.9 Å². The lowest BCUT2D eigenvalue weighted by Gasteiger charge is -2.22. The van der Waals surface area contributed by atoms with E-state index < -0.39 is 85.6 Å². The molecule has 0 aromatic carbocycles. The highest BCUT2D eigenvalue weighted by Crippen LogP contribution is 2.14. The summed E-state index contributed by atoms with van der Waals surface area (Å²) in [4.78, 5) is 94.1. The first-order chi connectivity index (χ1) is 30.5. The third-order valence-corrected chi connectivity index (χ3v) is 11.3. The number of carbonyl (C=O) groups excluding carboxylic acids is 4. The van der Waals surface area contributed by atoms with E-state index in [-0.39, 0.29) is 32.2 Å². The number of esters is 4. The summed E-state index contributed by atoms with van der Waals surface area (Å²) in [5, 5.41) is 0. The molecule has 1 aromatic heterocycles. The fourth-order valence-corrected chi connectivity index (χ4v) is 7.39. The predicted octanol–water partition coefficient (Wildman–Crippen LogP) is 8.48. The molecule has 1 aromatic rings. The Hall–Kier alpha value is -3.75. The lowest BCUT2D eigenvalue weighted by atomic mass is 10.1. The molecule has 3 unspecified atom stereocenters. The Morgan fingerprint density at radius 3 is 1.06 bits per heavy atom. The molecule has 1 saturated heterocycles. The van der Waals surface area contributed by atoms with E-state index in [0.717, 1.165) is 142 Å². The highest BCUT2D eigenvalue weighted by molar-refractivity contribution is 5.71. The van der Waals surface area contributed by atoms with Crippen molar-refractivity contribution in [2.45, 2.75) is 245 Å². The van der Waals surface area contributed by atoms with Crippen LogP contribution in [0.4, 0.5) is 0 Å². The van der Waals surface area contributed by atoms with E-state index in [1.807, 2.05) is 0 Å². The molecule has 0 saturated carbocycles. The molecule has 0 radical (unpaired) electrons. The first-order valence-corrected chi connectivity index (χ1v) is 24.8. The van der Waals surface area contributed by atoms with Gasteiger partial charge in [-0.1, -0.05) is 156 Å². The number of aromatic nitrogens is 3. The van der Waals surface area contributed by atoms with Gasteiger partial charge in [-0.05, 0) is 25.7 Å². The lowest BCUT2D eigenvalue weighted by Crippen LogP contribution is -2.57. The van der Waals surface area contributed by atoms with Crippen molar-refractivity contribution in [2.24, 2.45) is 0 Å². The highest BCUT2D eigenvalue weighted by Gasteiger charge is 2.30. The quantitative estimate of drug-likeness (QED) is 0.0265. The zero-order chi connectivity index (χ0) is 46.1. The second-order valence-electron chi connectivity index (χ2n) is 17.3. The maximum atomic E-state index is 14.3. The van der Waals surface area contributed by atoms with Gasteiger partial charge in [-0.15, -0.1) is 0 Å². The summed E-state index contributed by atoms with van der Waals surface area (Å²) < 4.78 is 30.4. The summed E-state index contributed by atoms with van der Waals surface area (Å²) in [5.74, 6) is -2.09. The van der Waals surface area contributed by atoms with Crippen LogP contribution in [-0.4, -0.2) is 75.7 Å². The van der Waals surface area contributed by atoms with Crippen LogP contribution in [-0.2, 0) is 62.5 Å². The van der Waals surface area contributed by atoms with Gasteiger partial charge in [0, 0.05) is 25.7 Å².